The van der Waals surface area contributed by atoms with Crippen molar-refractivity contribution in [1.82, 2.24) is 4.98 Å². The predicted octanol–water partition coefficient (Wildman–Crippen LogP) is 3.17. The van der Waals surface area contributed by atoms with Crippen molar-refractivity contribution in [2.45, 2.75) is 26.4 Å². The number of benzene rings is 1. The van der Waals surface area contributed by atoms with Gasteiger partial charge < -0.3 is 15.2 Å². The van der Waals surface area contributed by atoms with Gasteiger partial charge in [-0.25, -0.2) is 4.98 Å². The molecule has 2 aromatic rings. The average molecular weight is 260 g/mol. The van der Waals surface area contributed by atoms with Crippen LogP contribution in [0.3, 0.4) is 0 Å². The molecule has 2 N–H and O–H groups in total. The summed E-state index contributed by atoms with van der Waals surface area (Å²) >= 11 is 0. The van der Waals surface area contributed by atoms with Crippen molar-refractivity contribution in [2.24, 2.45) is 0 Å². The van der Waals surface area contributed by atoms with Crippen LogP contribution in [0.25, 0.3) is 10.8 Å². The largest absolute Gasteiger partial charge is 0.508 e. The van der Waals surface area contributed by atoms with Crippen LogP contribution < -0.4 is 5.32 Å². The highest BCUT2D eigenvalue weighted by Gasteiger charge is 2.17. The van der Waals surface area contributed by atoms with E-state index in [1.807, 2.05) is 32.9 Å². The molecule has 0 amide bonds. The van der Waals surface area contributed by atoms with Crippen LogP contribution in [0.15, 0.2) is 30.5 Å². The predicted molar refractivity (Wildman–Crippen MR) is 77.6 cm³/mol. The molecule has 0 atom stereocenters. The van der Waals surface area contributed by atoms with Crippen molar-refractivity contribution in [1.29, 1.82) is 0 Å². The molecule has 0 unspecified atom stereocenters. The maximum absolute atomic E-state index is 9.59. The molecule has 0 saturated carbocycles. The number of pyridine rings is 1. The Balaban J connectivity index is 2.23. The lowest BCUT2D eigenvalue weighted by Crippen LogP contribution is -2.33. The van der Waals surface area contributed by atoms with Gasteiger partial charge in [0, 0.05) is 24.7 Å². The molecule has 2 rings (SSSR count). The van der Waals surface area contributed by atoms with Crippen LogP contribution in [-0.2, 0) is 4.74 Å². The molecule has 0 saturated heterocycles. The number of aromatic hydroxyl groups is 1. The number of fused-ring (bicyclic) bond motifs is 1. The summed E-state index contributed by atoms with van der Waals surface area (Å²) in [6.07, 6.45) is 1.76. The number of rotatable bonds is 5. The minimum Gasteiger partial charge on any atom is -0.508 e. The lowest BCUT2D eigenvalue weighted by molar-refractivity contribution is 0.000664. The van der Waals surface area contributed by atoms with Gasteiger partial charge in [0.05, 0.1) is 5.60 Å². The lowest BCUT2D eigenvalue weighted by Gasteiger charge is -2.25. The van der Waals surface area contributed by atoms with Crippen LogP contribution in [-0.4, -0.2) is 28.8 Å². The fourth-order valence-electron chi connectivity index (χ4n) is 2.04. The Morgan fingerprint density at radius 1 is 1.32 bits per heavy atom. The van der Waals surface area contributed by atoms with Crippen LogP contribution in [0.5, 0.6) is 5.75 Å². The van der Waals surface area contributed by atoms with Gasteiger partial charge in [0.15, 0.2) is 0 Å². The van der Waals surface area contributed by atoms with E-state index in [1.165, 1.54) is 0 Å². The molecule has 0 aliphatic carbocycles. The number of anilines is 1. The molecule has 102 valence electrons. The molecule has 0 spiro atoms. The fourth-order valence-corrected chi connectivity index (χ4v) is 2.04. The Bertz CT molecular complexity index is 567. The number of nitrogens with zero attached hydrogens (tertiary/aromatic N) is 1. The van der Waals surface area contributed by atoms with Crippen LogP contribution in [0, 0.1) is 0 Å². The molecule has 0 aliphatic heterocycles. The number of nitrogens with one attached hydrogen (secondary N) is 1. The molecule has 4 nitrogen and oxygen atoms in total. The van der Waals surface area contributed by atoms with Crippen LogP contribution in [0.2, 0.25) is 0 Å². The minimum atomic E-state index is -0.255. The average Bonchev–Trinajstić information content (AvgIpc) is 2.36. The smallest absolute Gasteiger partial charge is 0.134 e. The van der Waals surface area contributed by atoms with Gasteiger partial charge in [0.2, 0.25) is 0 Å². The van der Waals surface area contributed by atoms with E-state index < -0.39 is 0 Å². The van der Waals surface area contributed by atoms with Crippen molar-refractivity contribution in [2.75, 3.05) is 18.5 Å². The number of ether oxygens (including phenoxy) is 1. The Kier molecular flexibility index (Phi) is 3.90. The first kappa shape index (κ1) is 13.6. The molecule has 0 bridgehead atoms. The summed E-state index contributed by atoms with van der Waals surface area (Å²) in [5.41, 5.74) is -0.255. The second-order valence-electron chi connectivity index (χ2n) is 5.11. The summed E-state index contributed by atoms with van der Waals surface area (Å²) in [7, 11) is 0. The number of aromatic nitrogens is 1. The first-order valence-corrected chi connectivity index (χ1v) is 6.47. The summed E-state index contributed by atoms with van der Waals surface area (Å²) < 4.78 is 5.65. The van der Waals surface area contributed by atoms with Crippen molar-refractivity contribution in [3.8, 4) is 5.75 Å². The maximum atomic E-state index is 9.59. The normalized spacial score (nSPS) is 11.7. The fraction of sp³-hybridized carbons (Fsp3) is 0.400. The summed E-state index contributed by atoms with van der Waals surface area (Å²) in [6, 6.07) is 7.20. The highest BCUT2D eigenvalue weighted by atomic mass is 16.5. The zero-order valence-electron chi connectivity index (χ0n) is 11.6. The van der Waals surface area contributed by atoms with Crippen molar-refractivity contribution in [3.63, 3.8) is 0 Å². The van der Waals surface area contributed by atoms with Crippen molar-refractivity contribution < 1.29 is 9.84 Å². The third-order valence-corrected chi connectivity index (χ3v) is 2.97. The molecule has 0 fully saturated rings. The van der Waals surface area contributed by atoms with Gasteiger partial charge in [-0.3, -0.25) is 0 Å². The zero-order chi connectivity index (χ0) is 13.9. The SMILES string of the molecule is CCOC(C)(C)CNc1nccc2ccc(O)cc12. The third kappa shape index (κ3) is 3.35. The summed E-state index contributed by atoms with van der Waals surface area (Å²) in [5.74, 6) is 1.01. The molecular formula is C15H20N2O2. The van der Waals surface area contributed by atoms with Gasteiger partial charge in [-0.2, -0.15) is 0 Å². The van der Waals surface area contributed by atoms with Crippen LogP contribution in [0.1, 0.15) is 20.8 Å². The van der Waals surface area contributed by atoms with E-state index >= 15 is 0 Å². The summed E-state index contributed by atoms with van der Waals surface area (Å²) in [6.45, 7) is 7.38. The minimum absolute atomic E-state index is 0.243. The standard InChI is InChI=1S/C15H20N2O2/c1-4-19-15(2,3)10-17-14-13-9-12(18)6-5-11(13)7-8-16-14/h5-9,18H,4,10H2,1-3H3,(H,16,17). The van der Waals surface area contributed by atoms with Gasteiger partial charge in [0.25, 0.3) is 0 Å². The molecule has 4 heteroatoms. The van der Waals surface area contributed by atoms with Gasteiger partial charge >= 0.3 is 0 Å². The Morgan fingerprint density at radius 3 is 2.84 bits per heavy atom. The number of hydrogen-bond acceptors (Lipinski definition) is 4. The van der Waals surface area contributed by atoms with Crippen molar-refractivity contribution in [3.05, 3.63) is 30.5 Å². The number of phenolic OH excluding ortho intramolecular Hbond substituents is 1. The quantitative estimate of drug-likeness (QED) is 0.867. The summed E-state index contributed by atoms with van der Waals surface area (Å²) in [5, 5.41) is 14.8. The number of hydrogen-bond donors (Lipinski definition) is 2. The third-order valence-electron chi connectivity index (χ3n) is 2.97. The molecule has 1 heterocycles. The van der Waals surface area contributed by atoms with Gasteiger partial charge in [-0.1, -0.05) is 6.07 Å². The Hall–Kier alpha value is -1.81. The van der Waals surface area contributed by atoms with E-state index in [2.05, 4.69) is 10.3 Å². The van der Waals surface area contributed by atoms with Crippen molar-refractivity contribution >= 4 is 16.6 Å². The second kappa shape index (κ2) is 5.45. The zero-order valence-corrected chi connectivity index (χ0v) is 11.6. The number of phenols is 1. The highest BCUT2D eigenvalue weighted by molar-refractivity contribution is 5.92. The van der Waals surface area contributed by atoms with Crippen LogP contribution in [0.4, 0.5) is 5.82 Å². The molecule has 0 radical (unpaired) electrons. The lowest BCUT2D eigenvalue weighted by atomic mass is 10.1. The second-order valence-corrected chi connectivity index (χ2v) is 5.11. The van der Waals surface area contributed by atoms with E-state index in [-0.39, 0.29) is 11.4 Å². The first-order valence-electron chi connectivity index (χ1n) is 6.47. The molecular weight excluding hydrogens is 240 g/mol. The van der Waals surface area contributed by atoms with Crippen LogP contribution >= 0.6 is 0 Å². The highest BCUT2D eigenvalue weighted by Crippen LogP contribution is 2.25. The van der Waals surface area contributed by atoms with Gasteiger partial charge in [0.1, 0.15) is 11.6 Å². The van der Waals surface area contributed by atoms with E-state index in [0.717, 1.165) is 16.6 Å². The van der Waals surface area contributed by atoms with Gasteiger partial charge in [-0.15, -0.1) is 0 Å². The van der Waals surface area contributed by atoms with E-state index in [4.69, 9.17) is 4.74 Å². The van der Waals surface area contributed by atoms with E-state index in [9.17, 15) is 5.11 Å². The van der Waals surface area contributed by atoms with Gasteiger partial charge in [-0.05, 0) is 44.4 Å². The monoisotopic (exact) mass is 260 g/mol. The topological polar surface area (TPSA) is 54.4 Å². The molecule has 0 aliphatic rings. The molecule has 1 aromatic carbocycles. The maximum Gasteiger partial charge on any atom is 0.134 e. The first-order chi connectivity index (χ1) is 9.02. The summed E-state index contributed by atoms with van der Waals surface area (Å²) in [4.78, 5) is 4.33. The Morgan fingerprint density at radius 2 is 2.11 bits per heavy atom. The van der Waals surface area contributed by atoms with E-state index in [0.29, 0.717) is 13.2 Å². The molecule has 1 aromatic heterocycles. The Labute approximate surface area is 113 Å². The van der Waals surface area contributed by atoms with E-state index in [1.54, 1.807) is 18.3 Å². The molecule has 19 heavy (non-hydrogen) atoms.